The van der Waals surface area contributed by atoms with Crippen LogP contribution in [0, 0.1) is 13.8 Å². The molecule has 0 saturated heterocycles. The molecule has 0 bridgehead atoms. The normalized spacial score (nSPS) is 13.4. The molecule has 3 aromatic rings. The maximum atomic E-state index is 12.7. The predicted molar refractivity (Wildman–Crippen MR) is 107 cm³/mol. The number of benzene rings is 2. The molecule has 1 aliphatic heterocycles. The first-order valence-electron chi connectivity index (χ1n) is 8.88. The van der Waals surface area contributed by atoms with Gasteiger partial charge in [0.15, 0.2) is 16.7 Å². The monoisotopic (exact) mass is 396 g/mol. The molecule has 4 rings (SSSR count). The fraction of sp³-hybridized carbons (Fsp3) is 0.250. The molecule has 1 aliphatic rings. The fourth-order valence-electron chi connectivity index (χ4n) is 2.94. The average molecular weight is 396 g/mol. The number of fused-ring (bicyclic) bond motifs is 1. The molecule has 1 N–H and O–H groups in total. The Morgan fingerprint density at radius 3 is 2.75 bits per heavy atom. The zero-order valence-corrected chi connectivity index (χ0v) is 16.6. The fourth-order valence-corrected chi connectivity index (χ4v) is 3.85. The molecule has 7 nitrogen and oxygen atoms in total. The van der Waals surface area contributed by atoms with Gasteiger partial charge in [-0.2, -0.15) is 0 Å². The Labute approximate surface area is 167 Å². The second-order valence-corrected chi connectivity index (χ2v) is 7.78. The maximum absolute atomic E-state index is 12.7. The van der Waals surface area contributed by atoms with Crippen molar-refractivity contribution in [3.63, 3.8) is 0 Å². The lowest BCUT2D eigenvalue weighted by Gasteiger charge is -2.14. The van der Waals surface area contributed by atoms with Gasteiger partial charge in [-0.1, -0.05) is 30.0 Å². The first kappa shape index (κ1) is 18.4. The Hall–Kier alpha value is -3.00. The number of aryl methyl sites for hydroxylation is 2. The molecule has 2 aromatic carbocycles. The number of rotatable bonds is 5. The van der Waals surface area contributed by atoms with E-state index >= 15 is 0 Å². The summed E-state index contributed by atoms with van der Waals surface area (Å²) < 4.78 is 12.6. The summed E-state index contributed by atoms with van der Waals surface area (Å²) in [7, 11) is 0. The summed E-state index contributed by atoms with van der Waals surface area (Å²) >= 11 is 1.37. The van der Waals surface area contributed by atoms with Crippen LogP contribution >= 0.6 is 11.8 Å². The molecule has 8 heteroatoms. The second kappa shape index (κ2) is 7.55. The lowest BCUT2D eigenvalue weighted by molar-refractivity contribution is -0.115. The number of hydrogen-bond donors (Lipinski definition) is 1. The van der Waals surface area contributed by atoms with Crippen LogP contribution in [0.2, 0.25) is 0 Å². The Morgan fingerprint density at radius 1 is 1.14 bits per heavy atom. The van der Waals surface area contributed by atoms with Crippen LogP contribution in [0.5, 0.6) is 11.5 Å². The van der Waals surface area contributed by atoms with E-state index in [1.54, 1.807) is 18.2 Å². The number of carbonyl (C=O) groups excluding carboxylic acids is 1. The summed E-state index contributed by atoms with van der Waals surface area (Å²) in [4.78, 5) is 12.7. The summed E-state index contributed by atoms with van der Waals surface area (Å²) in [5.74, 6) is 1.97. The van der Waals surface area contributed by atoms with Crippen LogP contribution in [0.15, 0.2) is 47.6 Å². The number of para-hydroxylation sites is 1. The van der Waals surface area contributed by atoms with Gasteiger partial charge in [-0.05, 0) is 44.5 Å². The Morgan fingerprint density at radius 2 is 1.93 bits per heavy atom. The highest BCUT2D eigenvalue weighted by Gasteiger charge is 2.21. The quantitative estimate of drug-likeness (QED) is 0.662. The van der Waals surface area contributed by atoms with Crippen LogP contribution in [0.1, 0.15) is 18.3 Å². The van der Waals surface area contributed by atoms with Crippen molar-refractivity contribution in [1.82, 2.24) is 14.8 Å². The predicted octanol–water partition coefficient (Wildman–Crippen LogP) is 3.73. The van der Waals surface area contributed by atoms with Crippen LogP contribution in [0.3, 0.4) is 0 Å². The van der Waals surface area contributed by atoms with E-state index in [4.69, 9.17) is 9.47 Å². The van der Waals surface area contributed by atoms with Gasteiger partial charge in [-0.15, -0.1) is 10.2 Å². The van der Waals surface area contributed by atoms with Crippen molar-refractivity contribution in [3.05, 3.63) is 53.9 Å². The van der Waals surface area contributed by atoms with E-state index in [-0.39, 0.29) is 18.0 Å². The zero-order chi connectivity index (χ0) is 19.7. The lowest BCUT2D eigenvalue weighted by atomic mass is 10.2. The first-order chi connectivity index (χ1) is 13.5. The number of anilines is 1. The molecule has 1 unspecified atom stereocenters. The SMILES string of the molecule is Cc1ccccc1-n1c(C)nnc1SC(C)C(=O)Nc1ccc2c(c1)OCO2. The van der Waals surface area contributed by atoms with Gasteiger partial charge in [-0.25, -0.2) is 0 Å². The van der Waals surface area contributed by atoms with Gasteiger partial charge in [-0.3, -0.25) is 9.36 Å². The van der Waals surface area contributed by atoms with E-state index in [0.29, 0.717) is 22.3 Å². The summed E-state index contributed by atoms with van der Waals surface area (Å²) in [6.07, 6.45) is 0. The lowest BCUT2D eigenvalue weighted by Crippen LogP contribution is -2.23. The van der Waals surface area contributed by atoms with Crippen LogP contribution < -0.4 is 14.8 Å². The van der Waals surface area contributed by atoms with Gasteiger partial charge in [0.05, 0.1) is 10.9 Å². The Bertz CT molecular complexity index is 1030. The molecule has 0 spiro atoms. The highest BCUT2D eigenvalue weighted by molar-refractivity contribution is 8.00. The Balaban J connectivity index is 1.50. The largest absolute Gasteiger partial charge is 0.454 e. The van der Waals surface area contributed by atoms with Crippen molar-refractivity contribution in [2.45, 2.75) is 31.2 Å². The maximum Gasteiger partial charge on any atom is 0.237 e. The van der Waals surface area contributed by atoms with E-state index in [1.807, 2.05) is 49.6 Å². The molecule has 1 amide bonds. The van der Waals surface area contributed by atoms with Gasteiger partial charge < -0.3 is 14.8 Å². The number of thioether (sulfide) groups is 1. The number of hydrogen-bond acceptors (Lipinski definition) is 6. The number of amides is 1. The number of ether oxygens (including phenoxy) is 2. The number of carbonyl (C=O) groups is 1. The minimum Gasteiger partial charge on any atom is -0.454 e. The van der Waals surface area contributed by atoms with Crippen LogP contribution in [0.4, 0.5) is 5.69 Å². The summed E-state index contributed by atoms with van der Waals surface area (Å²) in [6, 6.07) is 13.4. The number of aromatic nitrogens is 3. The van der Waals surface area contributed by atoms with E-state index < -0.39 is 0 Å². The molecule has 0 aliphatic carbocycles. The third-order valence-electron chi connectivity index (χ3n) is 4.44. The van der Waals surface area contributed by atoms with E-state index in [0.717, 1.165) is 17.1 Å². The summed E-state index contributed by atoms with van der Waals surface area (Å²) in [5.41, 5.74) is 2.79. The molecule has 0 radical (unpaired) electrons. The number of nitrogens with zero attached hydrogens (tertiary/aromatic N) is 3. The third-order valence-corrected chi connectivity index (χ3v) is 5.49. The molecule has 28 heavy (non-hydrogen) atoms. The van der Waals surface area contributed by atoms with Crippen LogP contribution in [0.25, 0.3) is 5.69 Å². The average Bonchev–Trinajstić information content (AvgIpc) is 3.28. The second-order valence-electron chi connectivity index (χ2n) is 6.47. The summed E-state index contributed by atoms with van der Waals surface area (Å²) in [5, 5.41) is 11.7. The van der Waals surface area contributed by atoms with Gasteiger partial charge >= 0.3 is 0 Å². The summed E-state index contributed by atoms with van der Waals surface area (Å²) in [6.45, 7) is 5.99. The van der Waals surface area contributed by atoms with Gasteiger partial charge in [0.2, 0.25) is 12.7 Å². The topological polar surface area (TPSA) is 78.3 Å². The highest BCUT2D eigenvalue weighted by atomic mass is 32.2. The van der Waals surface area contributed by atoms with Gasteiger partial charge in [0, 0.05) is 11.8 Å². The van der Waals surface area contributed by atoms with Crippen molar-refractivity contribution >= 4 is 23.4 Å². The van der Waals surface area contributed by atoms with Crippen molar-refractivity contribution in [2.75, 3.05) is 12.1 Å². The molecule has 0 saturated carbocycles. The first-order valence-corrected chi connectivity index (χ1v) is 9.76. The van der Waals surface area contributed by atoms with Crippen molar-refractivity contribution in [3.8, 4) is 17.2 Å². The Kier molecular flexibility index (Phi) is 4.95. The zero-order valence-electron chi connectivity index (χ0n) is 15.8. The highest BCUT2D eigenvalue weighted by Crippen LogP contribution is 2.34. The molecular formula is C20H20N4O3S. The van der Waals surface area contributed by atoms with Gasteiger partial charge in [0.1, 0.15) is 5.82 Å². The molecule has 1 atom stereocenters. The van der Waals surface area contributed by atoms with Gasteiger partial charge in [0.25, 0.3) is 0 Å². The number of nitrogens with one attached hydrogen (secondary N) is 1. The van der Waals surface area contributed by atoms with Crippen LogP contribution in [-0.4, -0.2) is 32.7 Å². The minimum absolute atomic E-state index is 0.124. The third kappa shape index (κ3) is 3.55. The van der Waals surface area contributed by atoms with Crippen molar-refractivity contribution in [1.29, 1.82) is 0 Å². The minimum atomic E-state index is -0.364. The molecule has 0 fully saturated rings. The van der Waals surface area contributed by atoms with E-state index in [9.17, 15) is 4.79 Å². The van der Waals surface area contributed by atoms with Crippen molar-refractivity contribution < 1.29 is 14.3 Å². The van der Waals surface area contributed by atoms with Crippen molar-refractivity contribution in [2.24, 2.45) is 0 Å². The standard InChI is InChI=1S/C20H20N4O3S/c1-12-6-4-5-7-16(12)24-14(3)22-23-20(24)28-13(2)19(25)21-15-8-9-17-18(10-15)27-11-26-17/h4-10,13H,11H2,1-3H3,(H,21,25). The molecule has 1 aromatic heterocycles. The molecule has 2 heterocycles. The van der Waals surface area contributed by atoms with E-state index in [1.165, 1.54) is 11.8 Å². The smallest absolute Gasteiger partial charge is 0.237 e. The van der Waals surface area contributed by atoms with E-state index in [2.05, 4.69) is 15.5 Å². The van der Waals surface area contributed by atoms with Crippen LogP contribution in [-0.2, 0) is 4.79 Å². The molecular weight excluding hydrogens is 376 g/mol. The molecule has 144 valence electrons.